The minimum Gasteiger partial charge on any atom is -0.373 e. The Morgan fingerprint density at radius 2 is 2.08 bits per heavy atom. The first-order valence-electron chi connectivity index (χ1n) is 8.69. The van der Waals surface area contributed by atoms with Gasteiger partial charge in [0, 0.05) is 24.7 Å². The van der Waals surface area contributed by atoms with Gasteiger partial charge in [0.2, 0.25) is 0 Å². The lowest BCUT2D eigenvalue weighted by atomic mass is 9.87. The summed E-state index contributed by atoms with van der Waals surface area (Å²) >= 11 is 1.43. The highest BCUT2D eigenvalue weighted by molar-refractivity contribution is 7.07. The van der Waals surface area contributed by atoms with Crippen LogP contribution in [0.5, 0.6) is 0 Å². The number of hydrogen-bond acceptors (Lipinski definition) is 6. The van der Waals surface area contributed by atoms with Crippen LogP contribution in [0, 0.1) is 0 Å². The highest BCUT2D eigenvalue weighted by Gasteiger charge is 2.44. The van der Waals surface area contributed by atoms with Crippen LogP contribution in [0.2, 0.25) is 0 Å². The van der Waals surface area contributed by atoms with Crippen molar-refractivity contribution in [1.29, 1.82) is 0 Å². The number of rotatable bonds is 3. The lowest BCUT2D eigenvalue weighted by molar-refractivity contribution is -0.0390. The molecule has 2 fully saturated rings. The van der Waals surface area contributed by atoms with Crippen LogP contribution < -0.4 is 5.32 Å². The molecule has 0 saturated carbocycles. The number of hydrogen-bond donors (Lipinski definition) is 1. The fraction of sp³-hybridized carbons (Fsp3) is 0.444. The number of carbonyl (C=O) groups excluding carboxylic acids is 2. The molecule has 2 amide bonds. The second-order valence-electron chi connectivity index (χ2n) is 6.75. The Balaban J connectivity index is 1.31. The highest BCUT2D eigenvalue weighted by atomic mass is 32.1. The van der Waals surface area contributed by atoms with Crippen molar-refractivity contribution in [3.05, 3.63) is 46.7 Å². The van der Waals surface area contributed by atoms with E-state index in [4.69, 9.17) is 4.74 Å². The molecule has 1 spiro atoms. The molecule has 26 heavy (non-hydrogen) atoms. The number of amides is 2. The van der Waals surface area contributed by atoms with Crippen molar-refractivity contribution in [2.24, 2.45) is 0 Å². The fourth-order valence-electron chi connectivity index (χ4n) is 3.64. The Morgan fingerprint density at radius 3 is 2.77 bits per heavy atom. The molecule has 0 unspecified atom stereocenters. The molecule has 136 valence electrons. The van der Waals surface area contributed by atoms with Gasteiger partial charge in [0.15, 0.2) is 0 Å². The van der Waals surface area contributed by atoms with E-state index in [9.17, 15) is 9.59 Å². The number of carbonyl (C=O) groups is 2. The predicted molar refractivity (Wildman–Crippen MR) is 96.0 cm³/mol. The van der Waals surface area contributed by atoms with Crippen molar-refractivity contribution in [3.63, 3.8) is 0 Å². The van der Waals surface area contributed by atoms with Gasteiger partial charge in [-0.3, -0.25) is 14.6 Å². The maximum absolute atomic E-state index is 12.4. The van der Waals surface area contributed by atoms with Crippen molar-refractivity contribution in [1.82, 2.24) is 20.2 Å². The molecule has 2 aliphatic heterocycles. The Kier molecular flexibility index (Phi) is 4.69. The van der Waals surface area contributed by atoms with Crippen molar-refractivity contribution < 1.29 is 14.3 Å². The molecule has 1 atom stereocenters. The Labute approximate surface area is 155 Å². The molecule has 0 aliphatic carbocycles. The first-order chi connectivity index (χ1) is 12.7. The van der Waals surface area contributed by atoms with E-state index in [1.165, 1.54) is 11.3 Å². The molecule has 8 heteroatoms. The van der Waals surface area contributed by atoms with E-state index >= 15 is 0 Å². The van der Waals surface area contributed by atoms with Gasteiger partial charge in [-0.25, -0.2) is 4.98 Å². The molecule has 7 nitrogen and oxygen atoms in total. The van der Waals surface area contributed by atoms with Crippen LogP contribution in [0.1, 0.15) is 40.2 Å². The predicted octanol–water partition coefficient (Wildman–Crippen LogP) is 1.73. The molecular formula is C18H20N4O3S. The molecule has 4 heterocycles. The summed E-state index contributed by atoms with van der Waals surface area (Å²) in [4.78, 5) is 34.7. The van der Waals surface area contributed by atoms with Gasteiger partial charge in [-0.05, 0) is 31.4 Å². The van der Waals surface area contributed by atoms with E-state index in [0.717, 1.165) is 19.3 Å². The van der Waals surface area contributed by atoms with E-state index in [1.807, 2.05) is 4.90 Å². The van der Waals surface area contributed by atoms with Gasteiger partial charge in [-0.2, -0.15) is 0 Å². The van der Waals surface area contributed by atoms with Gasteiger partial charge in [-0.1, -0.05) is 6.07 Å². The highest BCUT2D eigenvalue weighted by Crippen LogP contribution is 2.36. The zero-order valence-corrected chi connectivity index (χ0v) is 15.1. The van der Waals surface area contributed by atoms with Crippen molar-refractivity contribution >= 4 is 23.2 Å². The third-order valence-corrected chi connectivity index (χ3v) is 5.64. The number of piperidine rings is 1. The third-order valence-electron chi connectivity index (χ3n) is 5.06. The monoisotopic (exact) mass is 372 g/mol. The summed E-state index contributed by atoms with van der Waals surface area (Å²) < 4.78 is 6.06. The van der Waals surface area contributed by atoms with Gasteiger partial charge in [0.1, 0.15) is 11.4 Å². The molecular weight excluding hydrogens is 352 g/mol. The minimum absolute atomic E-state index is 0.0147. The van der Waals surface area contributed by atoms with Crippen LogP contribution in [-0.2, 0) is 4.74 Å². The second kappa shape index (κ2) is 7.13. The molecule has 0 bridgehead atoms. The normalized spacial score (nSPS) is 21.7. The standard InChI is InChI=1S/C18H20N4O3S/c23-16(14-3-1-2-6-19-14)21-13-9-18(25-10-13)4-7-22(8-5-18)17(24)15-11-26-12-20-15/h1-3,6,11-13H,4-5,7-10H2,(H,21,23)/t13-/m1/s1. The van der Waals surface area contributed by atoms with E-state index in [1.54, 1.807) is 35.3 Å². The van der Waals surface area contributed by atoms with Crippen molar-refractivity contribution in [3.8, 4) is 0 Å². The first kappa shape index (κ1) is 17.1. The van der Waals surface area contributed by atoms with Crippen molar-refractivity contribution in [2.45, 2.75) is 30.9 Å². The largest absolute Gasteiger partial charge is 0.373 e. The zero-order chi connectivity index (χ0) is 18.0. The molecule has 2 aromatic rings. The number of nitrogens with zero attached hydrogens (tertiary/aromatic N) is 3. The topological polar surface area (TPSA) is 84.4 Å². The van der Waals surface area contributed by atoms with E-state index in [0.29, 0.717) is 31.1 Å². The number of likely N-dealkylation sites (tertiary alicyclic amines) is 1. The van der Waals surface area contributed by atoms with Gasteiger partial charge in [-0.15, -0.1) is 11.3 Å². The quantitative estimate of drug-likeness (QED) is 0.887. The number of ether oxygens (including phenoxy) is 1. The van der Waals surface area contributed by atoms with Crippen LogP contribution in [0.3, 0.4) is 0 Å². The molecule has 1 N–H and O–H groups in total. The van der Waals surface area contributed by atoms with Gasteiger partial charge in [0.05, 0.1) is 23.8 Å². The van der Waals surface area contributed by atoms with Crippen LogP contribution in [0.4, 0.5) is 0 Å². The minimum atomic E-state index is -0.249. The number of nitrogens with one attached hydrogen (secondary N) is 1. The van der Waals surface area contributed by atoms with Crippen LogP contribution >= 0.6 is 11.3 Å². The average molecular weight is 372 g/mol. The fourth-order valence-corrected chi connectivity index (χ4v) is 4.17. The Morgan fingerprint density at radius 1 is 1.23 bits per heavy atom. The van der Waals surface area contributed by atoms with E-state index < -0.39 is 0 Å². The van der Waals surface area contributed by atoms with E-state index in [2.05, 4.69) is 15.3 Å². The lowest BCUT2D eigenvalue weighted by Gasteiger charge is -2.38. The summed E-state index contributed by atoms with van der Waals surface area (Å²) in [6, 6.07) is 5.25. The molecule has 0 radical (unpaired) electrons. The molecule has 0 aromatic carbocycles. The average Bonchev–Trinajstić information content (AvgIpc) is 3.33. The molecule has 2 aliphatic rings. The Hall–Kier alpha value is -2.32. The molecule has 2 saturated heterocycles. The molecule has 4 rings (SSSR count). The summed E-state index contributed by atoms with van der Waals surface area (Å²) in [6.45, 7) is 1.80. The Bertz CT molecular complexity index is 773. The van der Waals surface area contributed by atoms with E-state index in [-0.39, 0.29) is 23.5 Å². The maximum atomic E-state index is 12.4. The maximum Gasteiger partial charge on any atom is 0.273 e. The van der Waals surface area contributed by atoms with Crippen LogP contribution in [0.25, 0.3) is 0 Å². The zero-order valence-electron chi connectivity index (χ0n) is 14.3. The summed E-state index contributed by atoms with van der Waals surface area (Å²) in [5.41, 5.74) is 2.35. The van der Waals surface area contributed by atoms with Gasteiger partial charge in [0.25, 0.3) is 11.8 Å². The van der Waals surface area contributed by atoms with Gasteiger partial charge < -0.3 is 15.0 Å². The summed E-state index contributed by atoms with van der Waals surface area (Å²) in [5, 5.41) is 4.79. The molecule has 2 aromatic heterocycles. The SMILES string of the molecule is O=C(N[C@H]1COC2(CCN(C(=O)c3cscn3)CC2)C1)c1ccccn1. The smallest absolute Gasteiger partial charge is 0.273 e. The summed E-state index contributed by atoms with van der Waals surface area (Å²) in [7, 11) is 0. The second-order valence-corrected chi connectivity index (χ2v) is 7.47. The first-order valence-corrected chi connectivity index (χ1v) is 9.63. The van der Waals surface area contributed by atoms with Crippen LogP contribution in [-0.4, -0.2) is 58.0 Å². The number of thiazole rings is 1. The number of pyridine rings is 1. The summed E-state index contributed by atoms with van der Waals surface area (Å²) in [5.74, 6) is -0.188. The van der Waals surface area contributed by atoms with Crippen LogP contribution in [0.15, 0.2) is 35.3 Å². The third kappa shape index (κ3) is 3.47. The van der Waals surface area contributed by atoms with Crippen molar-refractivity contribution in [2.75, 3.05) is 19.7 Å². The summed E-state index contributed by atoms with van der Waals surface area (Å²) in [6.07, 6.45) is 3.93. The lowest BCUT2D eigenvalue weighted by Crippen LogP contribution is -2.47. The number of aromatic nitrogens is 2. The van der Waals surface area contributed by atoms with Gasteiger partial charge >= 0.3 is 0 Å².